The summed E-state index contributed by atoms with van der Waals surface area (Å²) in [6.45, 7) is 1.44. The molecule has 1 amide bonds. The van der Waals surface area contributed by atoms with Gasteiger partial charge >= 0.3 is 6.18 Å². The number of nitrogens with zero attached hydrogens (tertiary/aromatic N) is 3. The molecule has 0 radical (unpaired) electrons. The van der Waals surface area contributed by atoms with E-state index in [2.05, 4.69) is 20.8 Å². The summed E-state index contributed by atoms with van der Waals surface area (Å²) >= 11 is 5.55. The van der Waals surface area contributed by atoms with E-state index >= 15 is 0 Å². The fraction of sp³-hybridized carbons (Fsp3) is 0.312. The second-order valence-corrected chi connectivity index (χ2v) is 6.09. The summed E-state index contributed by atoms with van der Waals surface area (Å²) in [7, 11) is 3.86. The minimum absolute atomic E-state index is 0.0216. The highest BCUT2D eigenvalue weighted by molar-refractivity contribution is 6.31. The van der Waals surface area contributed by atoms with Gasteiger partial charge < -0.3 is 15.5 Å². The van der Waals surface area contributed by atoms with E-state index in [-0.39, 0.29) is 11.4 Å². The van der Waals surface area contributed by atoms with E-state index in [1.807, 2.05) is 19.0 Å². The molecule has 2 rings (SSSR count). The van der Waals surface area contributed by atoms with E-state index < -0.39 is 22.7 Å². The number of benzene rings is 1. The van der Waals surface area contributed by atoms with Gasteiger partial charge in [-0.25, -0.2) is 0 Å². The fourth-order valence-electron chi connectivity index (χ4n) is 1.97. The number of halogens is 4. The molecule has 0 saturated carbocycles. The number of carbonyl (C=O) groups is 1. The number of likely N-dealkylation sites (N-methyl/N-ethyl adjacent to an activating group) is 1. The number of amides is 1. The first-order chi connectivity index (χ1) is 12.2. The molecule has 0 aliphatic carbocycles. The summed E-state index contributed by atoms with van der Waals surface area (Å²) < 4.78 is 38.6. The summed E-state index contributed by atoms with van der Waals surface area (Å²) in [5, 5.41) is 12.6. The van der Waals surface area contributed by atoms with Crippen LogP contribution in [0.4, 0.5) is 24.7 Å². The second-order valence-electron chi connectivity index (χ2n) is 5.68. The molecule has 6 nitrogen and oxygen atoms in total. The van der Waals surface area contributed by atoms with Gasteiger partial charge in [-0.05, 0) is 44.4 Å². The smallest absolute Gasteiger partial charge is 0.367 e. The Kier molecular flexibility index (Phi) is 6.38. The van der Waals surface area contributed by atoms with Gasteiger partial charge in [0, 0.05) is 18.8 Å². The first-order valence-corrected chi connectivity index (χ1v) is 7.95. The lowest BCUT2D eigenvalue weighted by Crippen LogP contribution is -2.21. The Labute approximate surface area is 153 Å². The van der Waals surface area contributed by atoms with Gasteiger partial charge in [-0.15, -0.1) is 10.2 Å². The lowest BCUT2D eigenvalue weighted by atomic mass is 10.2. The monoisotopic (exact) mass is 387 g/mol. The van der Waals surface area contributed by atoms with Gasteiger partial charge in [-0.2, -0.15) is 13.2 Å². The normalized spacial score (nSPS) is 11.5. The topological polar surface area (TPSA) is 70.2 Å². The van der Waals surface area contributed by atoms with E-state index in [1.165, 1.54) is 12.1 Å². The molecule has 0 saturated heterocycles. The number of rotatable bonds is 6. The molecule has 10 heteroatoms. The molecular formula is C16H17ClF3N5O. The van der Waals surface area contributed by atoms with Crippen molar-refractivity contribution >= 4 is 29.0 Å². The Morgan fingerprint density at radius 1 is 1.19 bits per heavy atom. The van der Waals surface area contributed by atoms with Gasteiger partial charge in [0.1, 0.15) is 5.82 Å². The maximum Gasteiger partial charge on any atom is 0.417 e. The zero-order valence-electron chi connectivity index (χ0n) is 14.1. The van der Waals surface area contributed by atoms with Gasteiger partial charge in [0.05, 0.1) is 10.6 Å². The van der Waals surface area contributed by atoms with E-state index in [4.69, 9.17) is 11.6 Å². The van der Waals surface area contributed by atoms with E-state index in [9.17, 15) is 18.0 Å². The lowest BCUT2D eigenvalue weighted by Gasteiger charge is -2.12. The molecule has 2 N–H and O–H groups in total. The van der Waals surface area contributed by atoms with Crippen molar-refractivity contribution in [2.75, 3.05) is 37.8 Å². The highest BCUT2D eigenvalue weighted by Crippen LogP contribution is 2.36. The van der Waals surface area contributed by atoms with Gasteiger partial charge in [-0.1, -0.05) is 11.6 Å². The Balaban J connectivity index is 2.04. The third kappa shape index (κ3) is 5.57. The van der Waals surface area contributed by atoms with Crippen molar-refractivity contribution in [1.82, 2.24) is 15.1 Å². The van der Waals surface area contributed by atoms with Crippen molar-refractivity contribution < 1.29 is 18.0 Å². The Morgan fingerprint density at radius 3 is 2.50 bits per heavy atom. The Bertz CT molecular complexity index is 765. The number of nitrogens with one attached hydrogen (secondary N) is 2. The highest BCUT2D eigenvalue weighted by atomic mass is 35.5. The van der Waals surface area contributed by atoms with Crippen molar-refractivity contribution in [2.45, 2.75) is 6.18 Å². The number of alkyl halides is 3. The van der Waals surface area contributed by atoms with Crippen LogP contribution in [0.3, 0.4) is 0 Å². The molecule has 0 fully saturated rings. The third-order valence-corrected chi connectivity index (χ3v) is 3.62. The number of carbonyl (C=O) groups excluding carboxylic acids is 1. The third-order valence-electron chi connectivity index (χ3n) is 3.29. The van der Waals surface area contributed by atoms with Gasteiger partial charge in [0.2, 0.25) is 0 Å². The average molecular weight is 388 g/mol. The van der Waals surface area contributed by atoms with Crippen LogP contribution in [0.5, 0.6) is 0 Å². The minimum atomic E-state index is -4.61. The number of hydrogen-bond acceptors (Lipinski definition) is 5. The molecule has 140 valence electrons. The molecule has 1 aromatic heterocycles. The van der Waals surface area contributed by atoms with Crippen molar-refractivity contribution in [1.29, 1.82) is 0 Å². The first-order valence-electron chi connectivity index (χ1n) is 7.57. The molecule has 0 unspecified atom stereocenters. The SMILES string of the molecule is CN(C)CCNc1ccc(C(=O)Nc2ccc(Cl)c(C(F)(F)F)c2)nn1. The first kappa shape index (κ1) is 19.9. The van der Waals surface area contributed by atoms with E-state index in [0.717, 1.165) is 18.7 Å². The Morgan fingerprint density at radius 2 is 1.92 bits per heavy atom. The van der Waals surface area contributed by atoms with Crippen LogP contribution in [0, 0.1) is 0 Å². The molecule has 0 aliphatic rings. The van der Waals surface area contributed by atoms with Crippen LogP contribution >= 0.6 is 11.6 Å². The molecule has 2 aromatic rings. The van der Waals surface area contributed by atoms with Gasteiger partial charge in [-0.3, -0.25) is 4.79 Å². The predicted molar refractivity (Wildman–Crippen MR) is 93.5 cm³/mol. The number of anilines is 2. The summed E-state index contributed by atoms with van der Waals surface area (Å²) in [4.78, 5) is 14.1. The number of hydrogen-bond donors (Lipinski definition) is 2. The lowest BCUT2D eigenvalue weighted by molar-refractivity contribution is -0.137. The molecule has 0 bridgehead atoms. The van der Waals surface area contributed by atoms with Crippen molar-refractivity contribution in [3.63, 3.8) is 0 Å². The quantitative estimate of drug-likeness (QED) is 0.795. The fourth-order valence-corrected chi connectivity index (χ4v) is 2.20. The summed E-state index contributed by atoms with van der Waals surface area (Å²) in [5.41, 5.74) is -1.09. The van der Waals surface area contributed by atoms with Gasteiger partial charge in [0.15, 0.2) is 5.69 Å². The van der Waals surface area contributed by atoms with Crippen LogP contribution in [0.15, 0.2) is 30.3 Å². The Hall–Kier alpha value is -2.39. The predicted octanol–water partition coefficient (Wildman–Crippen LogP) is 3.37. The molecule has 0 spiro atoms. The van der Waals surface area contributed by atoms with E-state index in [1.54, 1.807) is 6.07 Å². The van der Waals surface area contributed by atoms with Crippen LogP contribution in [0.25, 0.3) is 0 Å². The second kappa shape index (κ2) is 8.33. The van der Waals surface area contributed by atoms with Crippen LogP contribution in [0.1, 0.15) is 16.1 Å². The summed E-state index contributed by atoms with van der Waals surface area (Å²) in [6.07, 6.45) is -4.61. The zero-order valence-corrected chi connectivity index (χ0v) is 14.8. The molecule has 0 aliphatic heterocycles. The zero-order chi connectivity index (χ0) is 19.3. The number of aromatic nitrogens is 2. The van der Waals surface area contributed by atoms with Crippen LogP contribution in [-0.2, 0) is 6.18 Å². The maximum absolute atomic E-state index is 12.9. The van der Waals surface area contributed by atoms with Crippen molar-refractivity contribution in [2.24, 2.45) is 0 Å². The molecule has 1 aromatic carbocycles. The molecule has 1 heterocycles. The van der Waals surface area contributed by atoms with Crippen LogP contribution < -0.4 is 10.6 Å². The summed E-state index contributed by atoms with van der Waals surface area (Å²) in [5.74, 6) is -0.179. The van der Waals surface area contributed by atoms with Gasteiger partial charge in [0.25, 0.3) is 5.91 Å². The largest absolute Gasteiger partial charge is 0.417 e. The van der Waals surface area contributed by atoms with Crippen LogP contribution in [0.2, 0.25) is 5.02 Å². The molecule has 0 atom stereocenters. The minimum Gasteiger partial charge on any atom is -0.367 e. The summed E-state index contributed by atoms with van der Waals surface area (Å²) in [6, 6.07) is 6.12. The molecular weight excluding hydrogens is 371 g/mol. The standard InChI is InChI=1S/C16H17ClF3N5O/c1-25(2)8-7-21-14-6-5-13(23-24-14)15(26)22-10-3-4-12(17)11(9-10)16(18,19)20/h3-6,9H,7-8H2,1-2H3,(H,21,24)(H,22,26). The highest BCUT2D eigenvalue weighted by Gasteiger charge is 2.33. The van der Waals surface area contributed by atoms with Crippen LogP contribution in [-0.4, -0.2) is 48.2 Å². The average Bonchev–Trinajstić information content (AvgIpc) is 2.56. The van der Waals surface area contributed by atoms with E-state index in [0.29, 0.717) is 12.4 Å². The maximum atomic E-state index is 12.9. The van der Waals surface area contributed by atoms with Crippen molar-refractivity contribution in [3.05, 3.63) is 46.6 Å². The van der Waals surface area contributed by atoms with Crippen molar-refractivity contribution in [3.8, 4) is 0 Å². The molecule has 26 heavy (non-hydrogen) atoms.